The summed E-state index contributed by atoms with van der Waals surface area (Å²) in [6.45, 7) is 7.32. The molecule has 2 N–H and O–H groups in total. The van der Waals surface area contributed by atoms with Gasteiger partial charge in [0.25, 0.3) is 0 Å². The van der Waals surface area contributed by atoms with Crippen LogP contribution in [0.15, 0.2) is 10.7 Å². The largest absolute Gasteiger partial charge is 0.366 e. The average Bonchev–Trinajstić information content (AvgIpc) is 2.40. The number of hydrogen-bond donors (Lipinski definition) is 2. The number of nitrogens with one attached hydrogen (secondary N) is 2. The Hall–Kier alpha value is -0.840. The Morgan fingerprint density at radius 2 is 2.00 bits per heavy atom. The van der Waals surface area contributed by atoms with Crippen LogP contribution >= 0.6 is 15.9 Å². The summed E-state index contributed by atoms with van der Waals surface area (Å²) in [7, 11) is 0. The molecule has 0 saturated heterocycles. The first-order valence-electron chi connectivity index (χ1n) is 7.24. The fraction of sp³-hybridized carbons (Fsp3) is 0.714. The first-order chi connectivity index (χ1) is 9.21. The third-order valence-electron chi connectivity index (χ3n) is 2.96. The third-order valence-corrected chi connectivity index (χ3v) is 3.54. The van der Waals surface area contributed by atoms with Crippen molar-refractivity contribution in [1.82, 2.24) is 9.97 Å². The quantitative estimate of drug-likeness (QED) is 0.703. The molecule has 5 heteroatoms. The summed E-state index contributed by atoms with van der Waals surface area (Å²) in [6.07, 6.45) is 7.83. The highest BCUT2D eigenvalue weighted by atomic mass is 79.9. The number of aromatic nitrogens is 2. The van der Waals surface area contributed by atoms with Gasteiger partial charge in [0.15, 0.2) is 0 Å². The van der Waals surface area contributed by atoms with Crippen molar-refractivity contribution in [3.8, 4) is 0 Å². The van der Waals surface area contributed by atoms with E-state index in [1.165, 1.54) is 32.1 Å². The van der Waals surface area contributed by atoms with Gasteiger partial charge in [-0.1, -0.05) is 33.1 Å². The Morgan fingerprint density at radius 3 is 2.63 bits per heavy atom. The molecule has 1 aromatic heterocycles. The molecule has 4 nitrogen and oxygen atoms in total. The number of halogens is 1. The first-order valence-corrected chi connectivity index (χ1v) is 8.03. The SMILES string of the molecule is CCCCC(CCC)Nc1nc(NCC)ncc1Br. The molecule has 0 saturated carbocycles. The van der Waals surface area contributed by atoms with Gasteiger partial charge in [0.1, 0.15) is 5.82 Å². The summed E-state index contributed by atoms with van der Waals surface area (Å²) in [6, 6.07) is 0.491. The maximum absolute atomic E-state index is 4.51. The molecule has 0 spiro atoms. The molecule has 19 heavy (non-hydrogen) atoms. The lowest BCUT2D eigenvalue weighted by Crippen LogP contribution is -2.20. The van der Waals surface area contributed by atoms with Crippen LogP contribution in [0.5, 0.6) is 0 Å². The maximum Gasteiger partial charge on any atom is 0.224 e. The van der Waals surface area contributed by atoms with Crippen LogP contribution in [0.3, 0.4) is 0 Å². The van der Waals surface area contributed by atoms with Crippen LogP contribution < -0.4 is 10.6 Å². The molecule has 108 valence electrons. The van der Waals surface area contributed by atoms with Gasteiger partial charge in [0.2, 0.25) is 5.95 Å². The summed E-state index contributed by atoms with van der Waals surface area (Å²) in [5.74, 6) is 1.57. The van der Waals surface area contributed by atoms with Gasteiger partial charge in [-0.05, 0) is 35.7 Å². The van der Waals surface area contributed by atoms with Gasteiger partial charge >= 0.3 is 0 Å². The van der Waals surface area contributed by atoms with Crippen molar-refractivity contribution in [2.24, 2.45) is 0 Å². The molecule has 0 aliphatic heterocycles. The number of rotatable bonds is 9. The van der Waals surface area contributed by atoms with Crippen LogP contribution in [-0.2, 0) is 0 Å². The van der Waals surface area contributed by atoms with Crippen molar-refractivity contribution < 1.29 is 0 Å². The second-order valence-corrected chi connectivity index (χ2v) is 5.55. The molecular formula is C14H25BrN4. The minimum absolute atomic E-state index is 0.491. The minimum Gasteiger partial charge on any atom is -0.366 e. The zero-order chi connectivity index (χ0) is 14.1. The zero-order valence-electron chi connectivity index (χ0n) is 12.2. The lowest BCUT2D eigenvalue weighted by molar-refractivity contribution is 0.562. The summed E-state index contributed by atoms with van der Waals surface area (Å²) < 4.78 is 0.923. The van der Waals surface area contributed by atoms with E-state index in [2.05, 4.69) is 50.4 Å². The van der Waals surface area contributed by atoms with Crippen molar-refractivity contribution in [2.75, 3.05) is 17.2 Å². The maximum atomic E-state index is 4.51. The van der Waals surface area contributed by atoms with Gasteiger partial charge < -0.3 is 10.6 Å². The summed E-state index contributed by atoms with van der Waals surface area (Å²) in [4.78, 5) is 8.75. The topological polar surface area (TPSA) is 49.8 Å². The summed E-state index contributed by atoms with van der Waals surface area (Å²) >= 11 is 3.51. The molecule has 0 aliphatic carbocycles. The van der Waals surface area contributed by atoms with Crippen LogP contribution in [0.1, 0.15) is 52.9 Å². The van der Waals surface area contributed by atoms with Crippen LogP contribution in [0.2, 0.25) is 0 Å². The lowest BCUT2D eigenvalue weighted by Gasteiger charge is -2.19. The van der Waals surface area contributed by atoms with Gasteiger partial charge in [-0.3, -0.25) is 0 Å². The molecule has 0 amide bonds. The second kappa shape index (κ2) is 9.13. The van der Waals surface area contributed by atoms with Crippen molar-refractivity contribution in [1.29, 1.82) is 0 Å². The van der Waals surface area contributed by atoms with Gasteiger partial charge in [-0.25, -0.2) is 4.98 Å². The van der Waals surface area contributed by atoms with E-state index in [-0.39, 0.29) is 0 Å². The van der Waals surface area contributed by atoms with E-state index in [9.17, 15) is 0 Å². The summed E-state index contributed by atoms with van der Waals surface area (Å²) in [5, 5.41) is 6.68. The molecule has 0 fully saturated rings. The number of anilines is 2. The van der Waals surface area contributed by atoms with Gasteiger partial charge in [0, 0.05) is 18.8 Å². The van der Waals surface area contributed by atoms with Crippen LogP contribution in [0, 0.1) is 0 Å². The number of unbranched alkanes of at least 4 members (excludes halogenated alkanes) is 1. The van der Waals surface area contributed by atoms with Crippen molar-refractivity contribution in [2.45, 2.75) is 58.9 Å². The van der Waals surface area contributed by atoms with E-state index >= 15 is 0 Å². The third kappa shape index (κ3) is 5.76. The lowest BCUT2D eigenvalue weighted by atomic mass is 10.1. The highest BCUT2D eigenvalue weighted by molar-refractivity contribution is 9.10. The fourth-order valence-corrected chi connectivity index (χ4v) is 2.30. The molecular weight excluding hydrogens is 304 g/mol. The number of hydrogen-bond acceptors (Lipinski definition) is 4. The van der Waals surface area contributed by atoms with Crippen LogP contribution in [0.25, 0.3) is 0 Å². The molecule has 1 aromatic rings. The van der Waals surface area contributed by atoms with E-state index in [1.807, 2.05) is 6.92 Å². The van der Waals surface area contributed by atoms with Gasteiger partial charge in [0.05, 0.1) is 4.47 Å². The van der Waals surface area contributed by atoms with Crippen LogP contribution in [0.4, 0.5) is 11.8 Å². The van der Waals surface area contributed by atoms with Crippen molar-refractivity contribution in [3.05, 3.63) is 10.7 Å². The average molecular weight is 329 g/mol. The smallest absolute Gasteiger partial charge is 0.224 e. The van der Waals surface area contributed by atoms with E-state index in [0.29, 0.717) is 12.0 Å². The van der Waals surface area contributed by atoms with Crippen molar-refractivity contribution in [3.63, 3.8) is 0 Å². The van der Waals surface area contributed by atoms with Gasteiger partial charge in [-0.2, -0.15) is 4.98 Å². The van der Waals surface area contributed by atoms with E-state index < -0.39 is 0 Å². The van der Waals surface area contributed by atoms with Crippen molar-refractivity contribution >= 4 is 27.7 Å². The fourth-order valence-electron chi connectivity index (χ4n) is 1.99. The Labute approximate surface area is 124 Å². The summed E-state index contributed by atoms with van der Waals surface area (Å²) in [5.41, 5.74) is 0. The standard InChI is InChI=1S/C14H25BrN4/c1-4-7-9-11(8-5-2)18-13-12(15)10-17-14(19-13)16-6-3/h10-11H,4-9H2,1-3H3,(H2,16,17,18,19). The van der Waals surface area contributed by atoms with Crippen LogP contribution in [-0.4, -0.2) is 22.6 Å². The Kier molecular flexibility index (Phi) is 7.79. The predicted molar refractivity (Wildman–Crippen MR) is 85.7 cm³/mol. The highest BCUT2D eigenvalue weighted by Crippen LogP contribution is 2.23. The number of nitrogens with zero attached hydrogens (tertiary/aromatic N) is 2. The molecule has 1 atom stereocenters. The Morgan fingerprint density at radius 1 is 1.21 bits per heavy atom. The van der Waals surface area contributed by atoms with E-state index in [1.54, 1.807) is 6.20 Å². The molecule has 1 rings (SSSR count). The molecule has 0 radical (unpaired) electrons. The minimum atomic E-state index is 0.491. The highest BCUT2D eigenvalue weighted by Gasteiger charge is 2.11. The predicted octanol–water partition coefficient (Wildman–Crippen LogP) is 4.44. The molecule has 0 aliphatic rings. The molecule has 0 aromatic carbocycles. The van der Waals surface area contributed by atoms with Gasteiger partial charge in [-0.15, -0.1) is 0 Å². The second-order valence-electron chi connectivity index (χ2n) is 4.69. The Bertz CT molecular complexity index is 370. The normalized spacial score (nSPS) is 12.2. The Balaban J connectivity index is 2.72. The molecule has 1 unspecified atom stereocenters. The van der Waals surface area contributed by atoms with E-state index in [0.717, 1.165) is 16.8 Å². The van der Waals surface area contributed by atoms with E-state index in [4.69, 9.17) is 0 Å². The monoisotopic (exact) mass is 328 g/mol. The first kappa shape index (κ1) is 16.2. The zero-order valence-corrected chi connectivity index (χ0v) is 13.8. The molecule has 1 heterocycles. The molecule has 0 bridgehead atoms.